The van der Waals surface area contributed by atoms with Crippen molar-refractivity contribution in [3.8, 4) is 0 Å². The zero-order valence-electron chi connectivity index (χ0n) is 19.5. The van der Waals surface area contributed by atoms with Crippen molar-refractivity contribution in [3.05, 3.63) is 35.9 Å². The number of amides is 2. The summed E-state index contributed by atoms with van der Waals surface area (Å²) in [6.07, 6.45) is 5.80. The number of piperidine rings is 2. The lowest BCUT2D eigenvalue weighted by atomic mass is 9.93. The van der Waals surface area contributed by atoms with Crippen molar-refractivity contribution >= 4 is 12.2 Å². The summed E-state index contributed by atoms with van der Waals surface area (Å²) >= 11 is 0. The smallest absolute Gasteiger partial charge is 0.409 e. The van der Waals surface area contributed by atoms with E-state index in [1.807, 2.05) is 35.2 Å². The minimum Gasteiger partial charge on any atom is -0.449 e. The van der Waals surface area contributed by atoms with Gasteiger partial charge in [-0.3, -0.25) is 0 Å². The molecule has 2 aliphatic heterocycles. The van der Waals surface area contributed by atoms with Gasteiger partial charge in [0.25, 0.3) is 0 Å². The number of carbonyl (C=O) groups is 2. The van der Waals surface area contributed by atoms with E-state index >= 15 is 0 Å². The summed E-state index contributed by atoms with van der Waals surface area (Å²) in [5, 5.41) is 2.92. The molecule has 1 aromatic carbocycles. The predicted octanol–water partition coefficient (Wildman–Crippen LogP) is 4.27. The van der Waals surface area contributed by atoms with Gasteiger partial charge in [0, 0.05) is 26.2 Å². The van der Waals surface area contributed by atoms with Crippen molar-refractivity contribution in [1.29, 1.82) is 0 Å². The molecule has 0 aromatic heterocycles. The number of rotatable bonds is 9. The highest BCUT2D eigenvalue weighted by Crippen LogP contribution is 2.23. The molecule has 2 saturated heterocycles. The second-order valence-electron chi connectivity index (χ2n) is 9.08. The lowest BCUT2D eigenvalue weighted by Gasteiger charge is -2.37. The van der Waals surface area contributed by atoms with Crippen LogP contribution < -0.4 is 5.32 Å². The molecule has 0 aliphatic carbocycles. The maximum Gasteiger partial charge on any atom is 0.409 e. The fraction of sp³-hybridized carbons (Fsp3) is 0.680. The van der Waals surface area contributed by atoms with Gasteiger partial charge in [0.2, 0.25) is 0 Å². The third kappa shape index (κ3) is 8.34. The number of ether oxygens (including phenoxy) is 2. The number of benzene rings is 1. The molecule has 2 fully saturated rings. The summed E-state index contributed by atoms with van der Waals surface area (Å²) in [5.41, 5.74) is 0.996. The zero-order chi connectivity index (χ0) is 22.6. The van der Waals surface area contributed by atoms with E-state index in [4.69, 9.17) is 9.47 Å². The molecule has 0 spiro atoms. The summed E-state index contributed by atoms with van der Waals surface area (Å²) in [5.74, 6) is 1.16. The molecule has 2 aliphatic rings. The van der Waals surface area contributed by atoms with Crippen LogP contribution in [0.1, 0.15) is 51.0 Å². The maximum atomic E-state index is 12.1. The third-order valence-electron chi connectivity index (χ3n) is 6.57. The Morgan fingerprint density at radius 1 is 0.969 bits per heavy atom. The molecule has 1 aromatic rings. The number of hydrogen-bond acceptors (Lipinski definition) is 5. The fourth-order valence-electron chi connectivity index (χ4n) is 4.43. The molecule has 0 radical (unpaired) electrons. The van der Waals surface area contributed by atoms with Crippen LogP contribution in [0.2, 0.25) is 0 Å². The molecular formula is C25H39N3O4. The largest absolute Gasteiger partial charge is 0.449 e. The van der Waals surface area contributed by atoms with Gasteiger partial charge in [-0.2, -0.15) is 0 Å². The van der Waals surface area contributed by atoms with Crippen LogP contribution in [0.3, 0.4) is 0 Å². The first-order valence-electron chi connectivity index (χ1n) is 12.2. The molecule has 32 heavy (non-hydrogen) atoms. The topological polar surface area (TPSA) is 71.1 Å². The van der Waals surface area contributed by atoms with Crippen LogP contribution in [0.25, 0.3) is 0 Å². The summed E-state index contributed by atoms with van der Waals surface area (Å²) in [7, 11) is 0. The number of nitrogens with one attached hydrogen (secondary N) is 1. The van der Waals surface area contributed by atoms with Crippen LogP contribution in [0, 0.1) is 11.8 Å². The third-order valence-corrected chi connectivity index (χ3v) is 6.57. The molecule has 7 nitrogen and oxygen atoms in total. The number of unbranched alkanes of at least 4 members (excludes halogenated alkanes) is 1. The van der Waals surface area contributed by atoms with Crippen molar-refractivity contribution in [2.75, 3.05) is 45.9 Å². The van der Waals surface area contributed by atoms with Gasteiger partial charge >= 0.3 is 12.2 Å². The highest BCUT2D eigenvalue weighted by Gasteiger charge is 2.27. The minimum atomic E-state index is -0.337. The monoisotopic (exact) mass is 445 g/mol. The summed E-state index contributed by atoms with van der Waals surface area (Å²) in [4.78, 5) is 28.4. The first-order chi connectivity index (χ1) is 15.6. The van der Waals surface area contributed by atoms with Gasteiger partial charge in [0.1, 0.15) is 6.61 Å². The Labute approximate surface area is 192 Å². The molecule has 7 heteroatoms. The maximum absolute atomic E-state index is 12.1. The molecule has 2 heterocycles. The van der Waals surface area contributed by atoms with E-state index in [-0.39, 0.29) is 12.2 Å². The molecule has 3 rings (SSSR count). The molecule has 0 unspecified atom stereocenters. The lowest BCUT2D eigenvalue weighted by Crippen LogP contribution is -2.44. The minimum absolute atomic E-state index is 0.146. The van der Waals surface area contributed by atoms with Crippen LogP contribution in [0.4, 0.5) is 9.59 Å². The summed E-state index contributed by atoms with van der Waals surface area (Å²) in [6.45, 7) is 8.49. The van der Waals surface area contributed by atoms with Crippen LogP contribution >= 0.6 is 0 Å². The van der Waals surface area contributed by atoms with E-state index in [0.29, 0.717) is 31.6 Å². The van der Waals surface area contributed by atoms with Gasteiger partial charge in [0.15, 0.2) is 0 Å². The molecule has 2 amide bonds. The van der Waals surface area contributed by atoms with Crippen molar-refractivity contribution in [3.63, 3.8) is 0 Å². The van der Waals surface area contributed by atoms with Gasteiger partial charge in [-0.25, -0.2) is 9.59 Å². The second kappa shape index (κ2) is 13.3. The Bertz CT molecular complexity index is 684. The standard InChI is InChI=1S/C25H39N3O4/c1-2-3-17-31-25(30)28-15-11-22(12-16-28)19-27-13-9-21(10-14-27)18-26-24(29)32-20-23-7-5-4-6-8-23/h4-8,21-22H,2-3,9-20H2,1H3,(H,26,29). The second-order valence-corrected chi connectivity index (χ2v) is 9.08. The van der Waals surface area contributed by atoms with Crippen LogP contribution in [0.15, 0.2) is 30.3 Å². The van der Waals surface area contributed by atoms with E-state index in [2.05, 4.69) is 17.1 Å². The number of carbonyl (C=O) groups excluding carboxylic acids is 2. The molecule has 0 saturated carbocycles. The van der Waals surface area contributed by atoms with Crippen molar-refractivity contribution < 1.29 is 19.1 Å². The van der Waals surface area contributed by atoms with E-state index < -0.39 is 0 Å². The first-order valence-corrected chi connectivity index (χ1v) is 12.2. The van der Waals surface area contributed by atoms with E-state index in [1.54, 1.807) is 0 Å². The Hall–Kier alpha value is -2.28. The Morgan fingerprint density at radius 2 is 1.66 bits per heavy atom. The highest BCUT2D eigenvalue weighted by atomic mass is 16.6. The van der Waals surface area contributed by atoms with Gasteiger partial charge in [-0.15, -0.1) is 0 Å². The molecular weight excluding hydrogens is 406 g/mol. The molecule has 1 N–H and O–H groups in total. The van der Waals surface area contributed by atoms with Crippen molar-refractivity contribution in [1.82, 2.24) is 15.1 Å². The molecule has 0 atom stereocenters. The van der Waals surface area contributed by atoms with Crippen LogP contribution in [-0.4, -0.2) is 67.9 Å². The number of alkyl carbamates (subject to hydrolysis) is 1. The van der Waals surface area contributed by atoms with Gasteiger partial charge in [-0.1, -0.05) is 43.7 Å². The fourth-order valence-corrected chi connectivity index (χ4v) is 4.43. The molecule has 178 valence electrons. The van der Waals surface area contributed by atoms with Crippen LogP contribution in [0.5, 0.6) is 0 Å². The average Bonchev–Trinajstić information content (AvgIpc) is 2.83. The van der Waals surface area contributed by atoms with Gasteiger partial charge < -0.3 is 24.6 Å². The van der Waals surface area contributed by atoms with Crippen molar-refractivity contribution in [2.24, 2.45) is 11.8 Å². The number of hydrogen-bond donors (Lipinski definition) is 1. The van der Waals surface area contributed by atoms with E-state index in [9.17, 15) is 9.59 Å². The lowest BCUT2D eigenvalue weighted by molar-refractivity contribution is 0.0773. The predicted molar refractivity (Wildman–Crippen MR) is 124 cm³/mol. The van der Waals surface area contributed by atoms with Crippen LogP contribution in [-0.2, 0) is 16.1 Å². The Morgan fingerprint density at radius 3 is 2.34 bits per heavy atom. The SMILES string of the molecule is CCCCOC(=O)N1CCC(CN2CCC(CNC(=O)OCc3ccccc3)CC2)CC1. The Kier molecular flexibility index (Phi) is 10.1. The van der Waals surface area contributed by atoms with Crippen molar-refractivity contribution in [2.45, 2.75) is 52.1 Å². The zero-order valence-corrected chi connectivity index (χ0v) is 19.5. The summed E-state index contributed by atoms with van der Waals surface area (Å²) in [6, 6.07) is 9.73. The van der Waals surface area contributed by atoms with E-state index in [1.165, 1.54) is 0 Å². The normalized spacial score (nSPS) is 18.3. The average molecular weight is 446 g/mol. The summed E-state index contributed by atoms with van der Waals surface area (Å²) < 4.78 is 10.6. The number of nitrogens with zero attached hydrogens (tertiary/aromatic N) is 2. The van der Waals surface area contributed by atoms with E-state index in [0.717, 1.165) is 76.8 Å². The Balaban J connectivity index is 1.24. The van der Waals surface area contributed by atoms with Gasteiger partial charge in [0.05, 0.1) is 6.61 Å². The number of likely N-dealkylation sites (tertiary alicyclic amines) is 2. The molecule has 0 bridgehead atoms. The first kappa shape index (κ1) is 24.4. The highest BCUT2D eigenvalue weighted by molar-refractivity contribution is 5.67. The quantitative estimate of drug-likeness (QED) is 0.575. The van der Waals surface area contributed by atoms with Gasteiger partial charge in [-0.05, 0) is 62.6 Å².